The van der Waals surface area contributed by atoms with Crippen LogP contribution < -0.4 is 9.80 Å². The fraction of sp³-hybridized carbons (Fsp3) is 0.229. The number of unbranched alkanes of at least 4 members (excludes halogenated alkanes) is 1. The van der Waals surface area contributed by atoms with E-state index in [2.05, 4.69) is 301 Å². The fourth-order valence-corrected chi connectivity index (χ4v) is 9.94. The molecule has 0 radical (unpaired) electrons. The zero-order valence-electron chi connectivity index (χ0n) is 54.7. The summed E-state index contributed by atoms with van der Waals surface area (Å²) in [6.07, 6.45) is 14.9. The topological polar surface area (TPSA) is 32.8 Å². The van der Waals surface area contributed by atoms with Crippen LogP contribution in [0.1, 0.15) is 123 Å². The Morgan fingerprint density at radius 1 is 0.368 bits per heavy atom. The molecule has 0 aliphatic heterocycles. The Bertz CT molecular complexity index is 3840. The van der Waals surface area contributed by atoms with Gasteiger partial charge < -0.3 is 18.6 Å². The van der Waals surface area contributed by atoms with Crippen molar-refractivity contribution in [1.29, 1.82) is 0 Å². The number of allylic oxidation sites excluding steroid dienone is 5. The summed E-state index contributed by atoms with van der Waals surface area (Å²) in [4.78, 5) is 4.68. The molecule has 4 heteroatoms. The third-order valence-electron chi connectivity index (χ3n) is 13.8. The smallest absolute Gasteiger partial charge is 0.136 e. The van der Waals surface area contributed by atoms with E-state index in [1.165, 1.54) is 52.6 Å². The van der Waals surface area contributed by atoms with Crippen LogP contribution in [0.2, 0.25) is 0 Å². The summed E-state index contributed by atoms with van der Waals surface area (Å²) >= 11 is 0. The summed E-state index contributed by atoms with van der Waals surface area (Å²) in [5.41, 5.74) is 16.1. The maximum atomic E-state index is 6.58. The number of hydrogen-bond donors (Lipinski definition) is 0. The van der Waals surface area contributed by atoms with Crippen molar-refractivity contribution < 1.29 is 8.83 Å². The predicted molar refractivity (Wildman–Crippen MR) is 389 cm³/mol. The summed E-state index contributed by atoms with van der Waals surface area (Å²) in [7, 11) is 0. The largest absolute Gasteiger partial charge is 0.456 e. The van der Waals surface area contributed by atoms with Crippen molar-refractivity contribution in [3.05, 3.63) is 261 Å². The molecule has 0 spiro atoms. The lowest BCUT2D eigenvalue weighted by Crippen LogP contribution is -2.15. The van der Waals surface area contributed by atoms with E-state index in [1.807, 2.05) is 61.5 Å². The normalized spacial score (nSPS) is 10.4. The Kier molecular flexibility index (Phi) is 29.5. The number of furan rings is 2. The van der Waals surface area contributed by atoms with Gasteiger partial charge in [-0.1, -0.05) is 260 Å². The lowest BCUT2D eigenvalue weighted by atomic mass is 10.0. The van der Waals surface area contributed by atoms with Gasteiger partial charge in [-0.3, -0.25) is 0 Å². The molecule has 0 amide bonds. The van der Waals surface area contributed by atoms with Crippen molar-refractivity contribution in [2.75, 3.05) is 16.3 Å². The number of anilines is 5. The molecular formula is C83H96N2O2. The first kappa shape index (κ1) is 68.7. The van der Waals surface area contributed by atoms with Gasteiger partial charge in [-0.15, -0.1) is 0 Å². The van der Waals surface area contributed by atoms with Crippen LogP contribution >= 0.6 is 0 Å². The third kappa shape index (κ3) is 18.0. The summed E-state index contributed by atoms with van der Waals surface area (Å²) < 4.78 is 13.1. The van der Waals surface area contributed by atoms with E-state index in [9.17, 15) is 0 Å². The highest BCUT2D eigenvalue weighted by Crippen LogP contribution is 2.43. The quantitative estimate of drug-likeness (QED) is 0.0851. The van der Waals surface area contributed by atoms with Crippen molar-refractivity contribution in [2.45, 2.75) is 123 Å². The number of benzene rings is 10. The molecule has 10 aromatic carbocycles. The van der Waals surface area contributed by atoms with Crippen LogP contribution in [0.15, 0.2) is 270 Å². The highest BCUT2D eigenvalue weighted by molar-refractivity contribution is 6.16. The molecule has 0 atom stereocenters. The molecule has 2 aromatic heterocycles. The molecule has 0 bridgehead atoms. The summed E-state index contributed by atoms with van der Waals surface area (Å²) in [6.45, 7) is 33.1. The summed E-state index contributed by atoms with van der Waals surface area (Å²) in [5, 5.41) is 6.54. The second kappa shape index (κ2) is 37.3. The first-order valence-electron chi connectivity index (χ1n) is 32.1. The summed E-state index contributed by atoms with van der Waals surface area (Å²) in [6, 6.07) is 80.1. The molecule has 0 unspecified atom stereocenters. The zero-order chi connectivity index (χ0) is 62.9. The Morgan fingerprint density at radius 3 is 1.06 bits per heavy atom. The van der Waals surface area contributed by atoms with Crippen LogP contribution in [0.5, 0.6) is 0 Å². The average molecular weight is 1150 g/mol. The average Bonchev–Trinajstić information content (AvgIpc) is 1.77. The van der Waals surface area contributed by atoms with Crippen LogP contribution in [-0.4, -0.2) is 6.54 Å². The van der Waals surface area contributed by atoms with Gasteiger partial charge in [0.05, 0.1) is 0 Å². The van der Waals surface area contributed by atoms with Gasteiger partial charge in [-0.05, 0) is 168 Å². The molecule has 87 heavy (non-hydrogen) atoms. The standard InChI is InChI=1S/C60H42N2O2.C6H12.C6H10.C3H8.4C2H6/c1-2-61(48-24-18-43(19-25-48)40-12-6-3-7-13-40)51-30-32-57-55(38-51)53-34-46-35-54-56-39-52(31-33-58(56)64-60(54)37-47(46)36-59(53)63-57)62(49-26-20-44(21-27-49)41-14-8-4-9-15-41)50-28-22-45(23-29-50)42-16-10-5-11-17-42;2*1-3-5-6-4-2;1-3-2;4*1-2/h3-39H,2H2,1H3;3,5H,4,6H2,1-2H3;3,5-6H,1,4H2,2H3;3H2,1-2H3;4*1-2H3/b;5-3-;6-5-;;;;;. The Balaban J connectivity index is 0.000000524. The van der Waals surface area contributed by atoms with E-state index in [0.717, 1.165) is 96.1 Å². The summed E-state index contributed by atoms with van der Waals surface area (Å²) in [5.74, 6) is 0. The monoisotopic (exact) mass is 1150 g/mol. The van der Waals surface area contributed by atoms with Crippen molar-refractivity contribution in [3.8, 4) is 33.4 Å². The number of nitrogens with zero attached hydrogens (tertiary/aromatic N) is 2. The second-order valence-corrected chi connectivity index (χ2v) is 19.6. The molecule has 0 aliphatic rings. The van der Waals surface area contributed by atoms with Crippen molar-refractivity contribution in [1.82, 2.24) is 0 Å². The van der Waals surface area contributed by atoms with Crippen LogP contribution in [0.3, 0.4) is 0 Å². The van der Waals surface area contributed by atoms with Crippen LogP contribution in [-0.2, 0) is 0 Å². The fourth-order valence-electron chi connectivity index (χ4n) is 9.94. The van der Waals surface area contributed by atoms with Gasteiger partial charge in [-0.25, -0.2) is 0 Å². The molecule has 0 aliphatic carbocycles. The van der Waals surface area contributed by atoms with E-state index in [-0.39, 0.29) is 0 Å². The van der Waals surface area contributed by atoms with Gasteiger partial charge in [0, 0.05) is 56.5 Å². The molecule has 0 saturated heterocycles. The molecular weight excluding hydrogens is 1060 g/mol. The lowest BCUT2D eigenvalue weighted by Gasteiger charge is -2.26. The van der Waals surface area contributed by atoms with Crippen LogP contribution in [0.25, 0.3) is 88.0 Å². The minimum atomic E-state index is 0.831. The zero-order valence-corrected chi connectivity index (χ0v) is 54.7. The lowest BCUT2D eigenvalue weighted by molar-refractivity contribution is 0.668. The van der Waals surface area contributed by atoms with Gasteiger partial charge in [0.15, 0.2) is 0 Å². The third-order valence-corrected chi connectivity index (χ3v) is 13.8. The molecule has 0 N–H and O–H groups in total. The van der Waals surface area contributed by atoms with Crippen molar-refractivity contribution >= 4 is 83.1 Å². The van der Waals surface area contributed by atoms with Crippen LogP contribution in [0.4, 0.5) is 28.4 Å². The number of fused-ring (bicyclic) bond motifs is 7. The molecule has 0 fully saturated rings. The van der Waals surface area contributed by atoms with Gasteiger partial charge >= 0.3 is 0 Å². The van der Waals surface area contributed by atoms with Gasteiger partial charge in [-0.2, -0.15) is 0 Å². The molecule has 0 saturated carbocycles. The first-order valence-corrected chi connectivity index (χ1v) is 32.1. The van der Waals surface area contributed by atoms with E-state index in [0.29, 0.717) is 0 Å². The SMILES string of the molecule is C/C=C\CCC.C=C/C=C\CC.CC.CC.CC.CC.CCC.CCN(c1ccc(-c2ccccc2)cc1)c1ccc2oc3cc4cc5oc6ccc(N(c7ccc(-c8ccccc8)cc7)c7ccc(-c8ccccc8)cc7)cc6c5cc4cc3c2c1. The molecule has 2 heterocycles. The highest BCUT2D eigenvalue weighted by Gasteiger charge is 2.19. The van der Waals surface area contributed by atoms with Crippen molar-refractivity contribution in [2.24, 2.45) is 0 Å². The van der Waals surface area contributed by atoms with Gasteiger partial charge in [0.25, 0.3) is 0 Å². The van der Waals surface area contributed by atoms with Gasteiger partial charge in [0.2, 0.25) is 0 Å². The second-order valence-electron chi connectivity index (χ2n) is 19.6. The van der Waals surface area contributed by atoms with E-state index < -0.39 is 0 Å². The Morgan fingerprint density at radius 2 is 0.713 bits per heavy atom. The maximum Gasteiger partial charge on any atom is 0.136 e. The Hall–Kier alpha value is -9.12. The minimum absolute atomic E-state index is 0.831. The Labute approximate surface area is 522 Å². The predicted octanol–water partition coefficient (Wildman–Crippen LogP) is 27.3. The number of rotatable bonds is 13. The molecule has 4 nitrogen and oxygen atoms in total. The van der Waals surface area contributed by atoms with E-state index in [4.69, 9.17) is 8.83 Å². The van der Waals surface area contributed by atoms with E-state index in [1.54, 1.807) is 6.08 Å². The van der Waals surface area contributed by atoms with Gasteiger partial charge in [0.1, 0.15) is 22.3 Å². The number of hydrogen-bond acceptors (Lipinski definition) is 4. The van der Waals surface area contributed by atoms with Crippen LogP contribution in [0, 0.1) is 0 Å². The molecule has 12 aromatic rings. The maximum absolute atomic E-state index is 6.58. The molecule has 450 valence electrons. The molecule has 12 rings (SSSR count). The first-order chi connectivity index (χ1) is 42.9. The minimum Gasteiger partial charge on any atom is -0.456 e. The van der Waals surface area contributed by atoms with E-state index >= 15 is 0 Å². The highest BCUT2D eigenvalue weighted by atomic mass is 16.3. The van der Waals surface area contributed by atoms with Crippen molar-refractivity contribution in [3.63, 3.8) is 0 Å².